The molecule has 0 aliphatic carbocycles. The van der Waals surface area contributed by atoms with E-state index < -0.39 is 0 Å². The molecular weight excluding hydrogens is 307 g/mol. The summed E-state index contributed by atoms with van der Waals surface area (Å²) >= 11 is 0. The lowest BCUT2D eigenvalue weighted by Crippen LogP contribution is -1.88. The van der Waals surface area contributed by atoms with Crippen LogP contribution in [0.4, 0.5) is 4.39 Å². The van der Waals surface area contributed by atoms with Crippen molar-refractivity contribution in [3.05, 3.63) is 66.9 Å². The Morgan fingerprint density at radius 2 is 1.75 bits per heavy atom. The summed E-state index contributed by atoms with van der Waals surface area (Å²) in [5, 5.41) is 0.879. The number of fused-ring (bicyclic) bond motifs is 1. The van der Waals surface area contributed by atoms with Crippen molar-refractivity contribution in [2.75, 3.05) is 7.11 Å². The molecule has 24 heavy (non-hydrogen) atoms. The molecule has 1 aromatic carbocycles. The van der Waals surface area contributed by atoms with E-state index in [-0.39, 0.29) is 5.82 Å². The van der Waals surface area contributed by atoms with Gasteiger partial charge in [-0.3, -0.25) is 4.98 Å². The van der Waals surface area contributed by atoms with Gasteiger partial charge in [0.05, 0.1) is 7.11 Å². The second-order valence-corrected chi connectivity index (χ2v) is 5.27. The largest absolute Gasteiger partial charge is 0.481 e. The van der Waals surface area contributed by atoms with E-state index in [0.717, 1.165) is 27.7 Å². The number of furan rings is 1. The summed E-state index contributed by atoms with van der Waals surface area (Å²) < 4.78 is 24.4. The molecule has 0 atom stereocenters. The van der Waals surface area contributed by atoms with E-state index in [1.165, 1.54) is 12.1 Å². The van der Waals surface area contributed by atoms with Crippen molar-refractivity contribution >= 4 is 11.0 Å². The lowest BCUT2D eigenvalue weighted by Gasteiger charge is -2.05. The third-order valence-corrected chi connectivity index (χ3v) is 3.83. The van der Waals surface area contributed by atoms with E-state index in [1.54, 1.807) is 43.9 Å². The van der Waals surface area contributed by atoms with E-state index in [0.29, 0.717) is 11.6 Å². The van der Waals surface area contributed by atoms with E-state index >= 15 is 0 Å². The molecule has 0 fully saturated rings. The van der Waals surface area contributed by atoms with E-state index in [2.05, 4.69) is 9.97 Å². The molecule has 4 nitrogen and oxygen atoms in total. The normalized spacial score (nSPS) is 10.9. The molecule has 3 aromatic heterocycles. The Morgan fingerprint density at radius 1 is 0.958 bits per heavy atom. The average molecular weight is 320 g/mol. The number of methoxy groups -OCH3 is 1. The highest BCUT2D eigenvalue weighted by Gasteiger charge is 2.18. The van der Waals surface area contributed by atoms with Crippen LogP contribution in [-0.4, -0.2) is 17.1 Å². The van der Waals surface area contributed by atoms with Gasteiger partial charge in [-0.15, -0.1) is 0 Å². The summed E-state index contributed by atoms with van der Waals surface area (Å²) in [5.74, 6) is 0.905. The Labute approximate surface area is 137 Å². The van der Waals surface area contributed by atoms with E-state index in [4.69, 9.17) is 9.15 Å². The molecule has 5 heteroatoms. The van der Waals surface area contributed by atoms with Crippen LogP contribution in [-0.2, 0) is 0 Å². The maximum Gasteiger partial charge on any atom is 0.212 e. The molecule has 0 unspecified atom stereocenters. The fourth-order valence-corrected chi connectivity index (χ4v) is 2.68. The number of hydrogen-bond acceptors (Lipinski definition) is 4. The van der Waals surface area contributed by atoms with Crippen LogP contribution in [0.2, 0.25) is 0 Å². The highest BCUT2D eigenvalue weighted by molar-refractivity contribution is 6.01. The molecule has 0 amide bonds. The third kappa shape index (κ3) is 2.40. The minimum atomic E-state index is -0.288. The SMILES string of the molecule is COc1ccc(-c2c(-c3ccc(F)cc3)oc3ccncc23)cn1. The van der Waals surface area contributed by atoms with Crippen LogP contribution in [0.3, 0.4) is 0 Å². The molecule has 4 aromatic rings. The van der Waals surface area contributed by atoms with Gasteiger partial charge in [-0.1, -0.05) is 0 Å². The van der Waals surface area contributed by atoms with Crippen LogP contribution >= 0.6 is 0 Å². The van der Waals surface area contributed by atoms with Crippen molar-refractivity contribution in [1.82, 2.24) is 9.97 Å². The van der Waals surface area contributed by atoms with Crippen molar-refractivity contribution in [3.8, 4) is 28.3 Å². The summed E-state index contributed by atoms with van der Waals surface area (Å²) in [4.78, 5) is 8.45. The van der Waals surface area contributed by atoms with Crippen molar-refractivity contribution in [3.63, 3.8) is 0 Å². The maximum absolute atomic E-state index is 13.2. The Kier molecular flexibility index (Phi) is 3.46. The standard InChI is InChI=1S/C19H13FN2O2/c1-23-17-7-4-13(10-22-17)18-15-11-21-9-8-16(15)24-19(18)12-2-5-14(20)6-3-12/h2-11H,1H3. The molecular formula is C19H13FN2O2. The van der Waals surface area contributed by atoms with Gasteiger partial charge in [0.1, 0.15) is 17.2 Å². The van der Waals surface area contributed by atoms with Gasteiger partial charge in [-0.05, 0) is 36.4 Å². The highest BCUT2D eigenvalue weighted by Crippen LogP contribution is 2.40. The van der Waals surface area contributed by atoms with Gasteiger partial charge >= 0.3 is 0 Å². The molecule has 0 saturated heterocycles. The quantitative estimate of drug-likeness (QED) is 0.549. The molecule has 4 rings (SSSR count). The van der Waals surface area contributed by atoms with Crippen LogP contribution in [0.25, 0.3) is 33.4 Å². The van der Waals surface area contributed by atoms with Crippen LogP contribution in [0.15, 0.2) is 65.5 Å². The Balaban J connectivity index is 1.97. The minimum Gasteiger partial charge on any atom is -0.481 e. The fraction of sp³-hybridized carbons (Fsp3) is 0.0526. The number of rotatable bonds is 3. The molecule has 0 aliphatic rings. The third-order valence-electron chi connectivity index (χ3n) is 3.83. The zero-order chi connectivity index (χ0) is 16.5. The monoisotopic (exact) mass is 320 g/mol. The molecule has 0 N–H and O–H groups in total. The predicted octanol–water partition coefficient (Wildman–Crippen LogP) is 4.70. The second kappa shape index (κ2) is 5.77. The fourth-order valence-electron chi connectivity index (χ4n) is 2.68. The van der Waals surface area contributed by atoms with Gasteiger partial charge in [0.25, 0.3) is 0 Å². The van der Waals surface area contributed by atoms with Gasteiger partial charge in [0.2, 0.25) is 5.88 Å². The minimum absolute atomic E-state index is 0.288. The number of nitrogens with zero attached hydrogens (tertiary/aromatic N) is 2. The summed E-state index contributed by atoms with van der Waals surface area (Å²) in [6, 6.07) is 11.7. The zero-order valence-electron chi connectivity index (χ0n) is 12.9. The first-order valence-corrected chi connectivity index (χ1v) is 7.39. The average Bonchev–Trinajstić information content (AvgIpc) is 3.02. The Morgan fingerprint density at radius 3 is 2.46 bits per heavy atom. The molecule has 0 bridgehead atoms. The molecule has 0 radical (unpaired) electrons. The first-order valence-electron chi connectivity index (χ1n) is 7.39. The topological polar surface area (TPSA) is 48.2 Å². The van der Waals surface area contributed by atoms with Crippen LogP contribution in [0.1, 0.15) is 0 Å². The Bertz CT molecular complexity index is 992. The van der Waals surface area contributed by atoms with Crippen LogP contribution in [0.5, 0.6) is 5.88 Å². The van der Waals surface area contributed by atoms with Crippen LogP contribution < -0.4 is 4.74 Å². The van der Waals surface area contributed by atoms with Crippen molar-refractivity contribution in [2.45, 2.75) is 0 Å². The van der Waals surface area contributed by atoms with Crippen molar-refractivity contribution < 1.29 is 13.5 Å². The van der Waals surface area contributed by atoms with E-state index in [1.807, 2.05) is 12.1 Å². The van der Waals surface area contributed by atoms with Gasteiger partial charge < -0.3 is 9.15 Å². The van der Waals surface area contributed by atoms with E-state index in [9.17, 15) is 4.39 Å². The lowest BCUT2D eigenvalue weighted by molar-refractivity contribution is 0.398. The number of pyridine rings is 2. The number of halogens is 1. The summed E-state index contributed by atoms with van der Waals surface area (Å²) in [6.45, 7) is 0. The first-order chi connectivity index (χ1) is 11.8. The van der Waals surface area contributed by atoms with Crippen LogP contribution in [0, 0.1) is 5.82 Å². The zero-order valence-corrected chi connectivity index (χ0v) is 12.9. The lowest BCUT2D eigenvalue weighted by atomic mass is 10.0. The summed E-state index contributed by atoms with van der Waals surface area (Å²) in [6.07, 6.45) is 5.16. The van der Waals surface area contributed by atoms with Gasteiger partial charge in [0.15, 0.2) is 0 Å². The van der Waals surface area contributed by atoms with Crippen molar-refractivity contribution in [1.29, 1.82) is 0 Å². The number of hydrogen-bond donors (Lipinski definition) is 0. The number of ether oxygens (including phenoxy) is 1. The second-order valence-electron chi connectivity index (χ2n) is 5.27. The molecule has 0 spiro atoms. The van der Waals surface area contributed by atoms with Crippen molar-refractivity contribution in [2.24, 2.45) is 0 Å². The highest BCUT2D eigenvalue weighted by atomic mass is 19.1. The molecule has 3 heterocycles. The summed E-state index contributed by atoms with van der Waals surface area (Å²) in [5.41, 5.74) is 3.26. The molecule has 118 valence electrons. The maximum atomic E-state index is 13.2. The van der Waals surface area contributed by atoms with Gasteiger partial charge in [-0.25, -0.2) is 9.37 Å². The molecule has 0 saturated carbocycles. The predicted molar refractivity (Wildman–Crippen MR) is 89.2 cm³/mol. The van der Waals surface area contributed by atoms with Gasteiger partial charge in [0, 0.05) is 46.7 Å². The first kappa shape index (κ1) is 14.4. The number of aromatic nitrogens is 2. The molecule has 0 aliphatic heterocycles. The summed E-state index contributed by atoms with van der Waals surface area (Å²) in [7, 11) is 1.57. The smallest absolute Gasteiger partial charge is 0.212 e. The Hall–Kier alpha value is -3.21. The number of benzene rings is 1. The van der Waals surface area contributed by atoms with Gasteiger partial charge in [-0.2, -0.15) is 0 Å².